The van der Waals surface area contributed by atoms with Gasteiger partial charge < -0.3 is 10.4 Å². The van der Waals surface area contributed by atoms with Crippen LogP contribution < -0.4 is 5.32 Å². The summed E-state index contributed by atoms with van der Waals surface area (Å²) >= 11 is 12.2. The van der Waals surface area contributed by atoms with E-state index < -0.39 is 15.7 Å². The van der Waals surface area contributed by atoms with E-state index in [0.29, 0.717) is 34.2 Å². The van der Waals surface area contributed by atoms with Gasteiger partial charge in [-0.1, -0.05) is 43.1 Å². The lowest BCUT2D eigenvalue weighted by molar-refractivity contribution is -0.134. The molecule has 0 radical (unpaired) electrons. The Kier molecular flexibility index (Phi) is 7.03. The topological polar surface area (TPSA) is 86.6 Å². The Morgan fingerprint density at radius 2 is 1.69 bits per heavy atom. The van der Waals surface area contributed by atoms with Crippen LogP contribution in [0.4, 0.5) is 0 Å². The van der Waals surface area contributed by atoms with Gasteiger partial charge in [-0.15, -0.1) is 0 Å². The Labute approximate surface area is 165 Å². The molecule has 3 fully saturated rings. The minimum atomic E-state index is -3.67. The summed E-state index contributed by atoms with van der Waals surface area (Å²) in [7, 11) is -3.67. The first-order valence-electron chi connectivity index (χ1n) is 8.79. The number of halogens is 2. The molecule has 1 aromatic rings. The average Bonchev–Trinajstić information content (AvgIpc) is 2.52. The molecule has 26 heavy (non-hydrogen) atoms. The summed E-state index contributed by atoms with van der Waals surface area (Å²) in [6.07, 6.45) is 5.32. The van der Waals surface area contributed by atoms with Gasteiger partial charge in [0.2, 0.25) is 0 Å². The van der Waals surface area contributed by atoms with E-state index in [4.69, 9.17) is 27.8 Å². The highest BCUT2D eigenvalue weighted by atomic mass is 35.5. The molecule has 3 aliphatic rings. The number of benzene rings is 1. The van der Waals surface area contributed by atoms with Crippen LogP contribution in [0.5, 0.6) is 0 Å². The van der Waals surface area contributed by atoms with Gasteiger partial charge in [0.15, 0.2) is 0 Å². The van der Waals surface area contributed by atoms with Crippen molar-refractivity contribution >= 4 is 33.3 Å². The zero-order valence-corrected chi connectivity index (χ0v) is 17.6. The third kappa shape index (κ3) is 5.12. The molecule has 3 saturated carbocycles. The summed E-state index contributed by atoms with van der Waals surface area (Å²) < 4.78 is 25.9. The van der Waals surface area contributed by atoms with Crippen LogP contribution in [-0.4, -0.2) is 36.4 Å². The number of rotatable bonds is 3. The molecule has 0 spiro atoms. The second kappa shape index (κ2) is 8.33. The molecule has 3 aliphatic carbocycles. The normalized spacial score (nSPS) is 30.8. The average molecular weight is 424 g/mol. The molecule has 2 bridgehead atoms. The van der Waals surface area contributed by atoms with Gasteiger partial charge in [-0.25, -0.2) is 0 Å². The van der Waals surface area contributed by atoms with Crippen molar-refractivity contribution in [2.45, 2.75) is 57.2 Å². The molecular formula is C18H27Cl2NO4S. The Morgan fingerprint density at radius 1 is 1.15 bits per heavy atom. The van der Waals surface area contributed by atoms with Gasteiger partial charge in [0.25, 0.3) is 10.1 Å². The van der Waals surface area contributed by atoms with Gasteiger partial charge in [0.1, 0.15) is 5.60 Å². The highest BCUT2D eigenvalue weighted by Crippen LogP contribution is 2.53. The van der Waals surface area contributed by atoms with E-state index in [9.17, 15) is 13.5 Å². The SMILES string of the molecule is CC(C)NC1C2CCC(CC2)C1(O)c1ccc(Cl)c(Cl)c1.CS(=O)(=O)O. The van der Waals surface area contributed by atoms with Crippen molar-refractivity contribution in [3.05, 3.63) is 33.8 Å². The van der Waals surface area contributed by atoms with E-state index in [2.05, 4.69) is 19.2 Å². The van der Waals surface area contributed by atoms with Crippen LogP contribution in [0.2, 0.25) is 10.0 Å². The van der Waals surface area contributed by atoms with E-state index in [-0.39, 0.29) is 6.04 Å². The predicted molar refractivity (Wildman–Crippen MR) is 105 cm³/mol. The smallest absolute Gasteiger partial charge is 0.261 e. The molecule has 4 rings (SSSR count). The van der Waals surface area contributed by atoms with Gasteiger partial charge in [-0.2, -0.15) is 8.42 Å². The summed E-state index contributed by atoms with van der Waals surface area (Å²) in [5.41, 5.74) is 0.0732. The molecule has 148 valence electrons. The van der Waals surface area contributed by atoms with E-state index in [1.165, 1.54) is 12.8 Å². The summed E-state index contributed by atoms with van der Waals surface area (Å²) in [6, 6.07) is 6.03. The van der Waals surface area contributed by atoms with Gasteiger partial charge in [-0.3, -0.25) is 4.55 Å². The first-order valence-corrected chi connectivity index (χ1v) is 11.4. The largest absolute Gasteiger partial charge is 0.383 e. The highest BCUT2D eigenvalue weighted by molar-refractivity contribution is 7.85. The van der Waals surface area contributed by atoms with Crippen LogP contribution in [-0.2, 0) is 15.7 Å². The summed E-state index contributed by atoms with van der Waals surface area (Å²) in [6.45, 7) is 4.27. The molecule has 0 aromatic heterocycles. The Balaban J connectivity index is 0.000000431. The summed E-state index contributed by atoms with van der Waals surface area (Å²) in [4.78, 5) is 0. The van der Waals surface area contributed by atoms with Crippen molar-refractivity contribution in [1.82, 2.24) is 5.32 Å². The molecule has 0 heterocycles. The first-order chi connectivity index (χ1) is 11.9. The van der Waals surface area contributed by atoms with E-state index in [1.54, 1.807) is 6.07 Å². The fraction of sp³-hybridized carbons (Fsp3) is 0.667. The number of aliphatic hydroxyl groups is 1. The monoisotopic (exact) mass is 423 g/mol. The standard InChI is InChI=1S/C17H23Cl2NO.CH4O3S/c1-10(2)20-16-11-3-5-12(6-4-11)17(16,21)13-7-8-14(18)15(19)9-13;1-5(2,3)4/h7-12,16,20-21H,3-6H2,1-2H3;1H3,(H,2,3,4). The number of hydrogen-bond acceptors (Lipinski definition) is 4. The number of hydrogen-bond donors (Lipinski definition) is 3. The van der Waals surface area contributed by atoms with Crippen LogP contribution in [0.15, 0.2) is 18.2 Å². The maximum absolute atomic E-state index is 11.6. The zero-order valence-electron chi connectivity index (χ0n) is 15.2. The highest BCUT2D eigenvalue weighted by Gasteiger charge is 2.54. The van der Waals surface area contributed by atoms with Crippen molar-refractivity contribution in [3.8, 4) is 0 Å². The van der Waals surface area contributed by atoms with Crippen LogP contribution in [0.25, 0.3) is 0 Å². The Morgan fingerprint density at radius 3 is 2.15 bits per heavy atom. The zero-order chi connectivity index (χ0) is 19.7. The third-order valence-corrected chi connectivity index (χ3v) is 5.97. The summed E-state index contributed by atoms with van der Waals surface area (Å²) in [5, 5.41) is 16.3. The molecule has 0 saturated heterocycles. The molecule has 8 heteroatoms. The lowest BCUT2D eigenvalue weighted by atomic mass is 9.57. The van der Waals surface area contributed by atoms with Crippen molar-refractivity contribution < 1.29 is 18.1 Å². The number of nitrogens with one attached hydrogen (secondary N) is 1. The fourth-order valence-electron chi connectivity index (χ4n) is 4.29. The lowest BCUT2D eigenvalue weighted by Gasteiger charge is -2.55. The fourth-order valence-corrected chi connectivity index (χ4v) is 4.59. The van der Waals surface area contributed by atoms with Gasteiger partial charge in [-0.05, 0) is 55.2 Å². The van der Waals surface area contributed by atoms with Crippen LogP contribution in [0.3, 0.4) is 0 Å². The second-order valence-corrected chi connectivity index (χ2v) is 9.88. The van der Waals surface area contributed by atoms with Crippen LogP contribution in [0, 0.1) is 11.8 Å². The van der Waals surface area contributed by atoms with Crippen molar-refractivity contribution in [1.29, 1.82) is 0 Å². The van der Waals surface area contributed by atoms with Gasteiger partial charge >= 0.3 is 0 Å². The maximum atomic E-state index is 11.6. The molecule has 0 aliphatic heterocycles. The first kappa shape index (κ1) is 21.9. The van der Waals surface area contributed by atoms with Gasteiger partial charge in [0, 0.05) is 12.1 Å². The minimum Gasteiger partial charge on any atom is -0.383 e. The second-order valence-electron chi connectivity index (χ2n) is 7.60. The third-order valence-electron chi connectivity index (χ3n) is 5.23. The molecule has 2 unspecified atom stereocenters. The molecule has 3 N–H and O–H groups in total. The Bertz CT molecular complexity index is 725. The van der Waals surface area contributed by atoms with E-state index >= 15 is 0 Å². The quantitative estimate of drug-likeness (QED) is 0.642. The van der Waals surface area contributed by atoms with Crippen LogP contribution >= 0.6 is 23.2 Å². The molecule has 5 nitrogen and oxygen atoms in total. The van der Waals surface area contributed by atoms with Gasteiger partial charge in [0.05, 0.1) is 16.3 Å². The van der Waals surface area contributed by atoms with Crippen molar-refractivity contribution in [3.63, 3.8) is 0 Å². The van der Waals surface area contributed by atoms with E-state index in [0.717, 1.165) is 18.4 Å². The van der Waals surface area contributed by atoms with Crippen molar-refractivity contribution in [2.24, 2.45) is 11.8 Å². The minimum absolute atomic E-state index is 0.0993. The maximum Gasteiger partial charge on any atom is 0.261 e. The molecular weight excluding hydrogens is 397 g/mol. The molecule has 1 aromatic carbocycles. The van der Waals surface area contributed by atoms with Crippen molar-refractivity contribution in [2.75, 3.05) is 6.26 Å². The molecule has 2 atom stereocenters. The Hall–Kier alpha value is -0.370. The van der Waals surface area contributed by atoms with E-state index in [1.807, 2.05) is 12.1 Å². The molecule has 0 amide bonds. The summed E-state index contributed by atoms with van der Waals surface area (Å²) in [5.74, 6) is 0.841. The lowest BCUT2D eigenvalue weighted by Crippen LogP contribution is -2.63. The van der Waals surface area contributed by atoms with Crippen LogP contribution in [0.1, 0.15) is 45.1 Å². The number of fused-ring (bicyclic) bond motifs is 3. The predicted octanol–water partition coefficient (Wildman–Crippen LogP) is 3.87.